The number of aliphatic hydroxyl groups is 1. The lowest BCUT2D eigenvalue weighted by Gasteiger charge is -2.24. The average Bonchev–Trinajstić information content (AvgIpc) is 2.60. The van der Waals surface area contributed by atoms with Gasteiger partial charge in [-0.1, -0.05) is 31.5 Å². The second-order valence-electron chi connectivity index (χ2n) is 5.34. The van der Waals surface area contributed by atoms with E-state index in [1.54, 1.807) is 0 Å². The lowest BCUT2D eigenvalue weighted by Crippen LogP contribution is -2.38. The van der Waals surface area contributed by atoms with Crippen molar-refractivity contribution in [1.82, 2.24) is 5.32 Å². The molecule has 1 heterocycles. The number of unbranched alkanes of at least 4 members (excludes halogenated alkanes) is 1. The summed E-state index contributed by atoms with van der Waals surface area (Å²) in [5, 5.41) is 13.1. The van der Waals surface area contributed by atoms with Crippen molar-refractivity contribution in [1.29, 1.82) is 0 Å². The van der Waals surface area contributed by atoms with Crippen LogP contribution in [0.3, 0.4) is 0 Å². The number of carbonyl (C=O) groups excluding carboxylic acids is 1. The monoisotopic (exact) mass is 276 g/mol. The molecule has 1 amide bonds. The van der Waals surface area contributed by atoms with Crippen LogP contribution in [0.2, 0.25) is 0 Å². The maximum Gasteiger partial charge on any atom is 0.239 e. The van der Waals surface area contributed by atoms with Crippen LogP contribution < -0.4 is 10.2 Å². The first-order valence-corrected chi connectivity index (χ1v) is 7.51. The van der Waals surface area contributed by atoms with Gasteiger partial charge in [0.05, 0.1) is 12.6 Å². The molecule has 1 unspecified atom stereocenters. The van der Waals surface area contributed by atoms with Gasteiger partial charge in [-0.15, -0.1) is 0 Å². The van der Waals surface area contributed by atoms with Crippen molar-refractivity contribution in [3.05, 3.63) is 29.8 Å². The van der Waals surface area contributed by atoms with E-state index in [1.807, 2.05) is 24.3 Å². The van der Waals surface area contributed by atoms with E-state index in [4.69, 9.17) is 0 Å². The molecule has 0 fully saturated rings. The minimum Gasteiger partial charge on any atom is -0.388 e. The van der Waals surface area contributed by atoms with Gasteiger partial charge in [-0.3, -0.25) is 4.79 Å². The number of carbonyl (C=O) groups is 1. The van der Waals surface area contributed by atoms with Crippen molar-refractivity contribution in [2.24, 2.45) is 0 Å². The van der Waals surface area contributed by atoms with E-state index in [-0.39, 0.29) is 5.91 Å². The molecule has 1 aromatic rings. The summed E-state index contributed by atoms with van der Waals surface area (Å²) < 4.78 is 0. The van der Waals surface area contributed by atoms with Crippen molar-refractivity contribution >= 4 is 11.6 Å². The Balaban J connectivity index is 2.04. The van der Waals surface area contributed by atoms with Crippen molar-refractivity contribution in [3.63, 3.8) is 0 Å². The lowest BCUT2D eigenvalue weighted by molar-refractivity contribution is -0.119. The third-order valence-electron chi connectivity index (χ3n) is 3.73. The molecule has 1 aliphatic heterocycles. The Morgan fingerprint density at radius 2 is 2.25 bits per heavy atom. The van der Waals surface area contributed by atoms with Gasteiger partial charge in [0.15, 0.2) is 0 Å². The molecule has 4 heteroatoms. The lowest BCUT2D eigenvalue weighted by atomic mass is 10.0. The highest BCUT2D eigenvalue weighted by atomic mass is 16.3. The van der Waals surface area contributed by atoms with Gasteiger partial charge in [-0.05, 0) is 25.3 Å². The number of para-hydroxylation sites is 1. The molecule has 2 N–H and O–H groups in total. The van der Waals surface area contributed by atoms with Crippen LogP contribution in [0.25, 0.3) is 0 Å². The maximum absolute atomic E-state index is 12.0. The number of benzene rings is 1. The fourth-order valence-corrected chi connectivity index (χ4v) is 2.61. The normalized spacial score (nSPS) is 18.3. The van der Waals surface area contributed by atoms with Crippen molar-refractivity contribution < 1.29 is 9.90 Å². The highest BCUT2D eigenvalue weighted by Gasteiger charge is 2.22. The molecule has 2 rings (SSSR count). The fraction of sp³-hybridized carbons (Fsp3) is 0.562. The van der Waals surface area contributed by atoms with Crippen LogP contribution in [0.1, 0.15) is 44.3 Å². The SMILES string of the molecule is CCCCNC(=O)CN1CCCC(O)c2ccccc21. The molecule has 4 nitrogen and oxygen atoms in total. The summed E-state index contributed by atoms with van der Waals surface area (Å²) in [5.74, 6) is 0.0599. The Labute approximate surface area is 120 Å². The van der Waals surface area contributed by atoms with Crippen LogP contribution in [-0.4, -0.2) is 30.6 Å². The molecule has 0 radical (unpaired) electrons. The first kappa shape index (κ1) is 14.9. The second-order valence-corrected chi connectivity index (χ2v) is 5.34. The third-order valence-corrected chi connectivity index (χ3v) is 3.73. The van der Waals surface area contributed by atoms with Gasteiger partial charge >= 0.3 is 0 Å². The molecule has 20 heavy (non-hydrogen) atoms. The molecule has 1 atom stereocenters. The van der Waals surface area contributed by atoms with Crippen LogP contribution in [0, 0.1) is 0 Å². The fourth-order valence-electron chi connectivity index (χ4n) is 2.61. The van der Waals surface area contributed by atoms with Crippen molar-refractivity contribution in [2.75, 3.05) is 24.5 Å². The summed E-state index contributed by atoms with van der Waals surface area (Å²) in [6.07, 6.45) is 3.34. The van der Waals surface area contributed by atoms with Gasteiger partial charge in [0.1, 0.15) is 0 Å². The van der Waals surface area contributed by atoms with Crippen LogP contribution in [0.4, 0.5) is 5.69 Å². The molecule has 110 valence electrons. The van der Waals surface area contributed by atoms with Crippen molar-refractivity contribution in [2.45, 2.75) is 38.7 Å². The van der Waals surface area contributed by atoms with E-state index < -0.39 is 6.10 Å². The zero-order valence-electron chi connectivity index (χ0n) is 12.1. The predicted octanol–water partition coefficient (Wildman–Crippen LogP) is 2.24. The molecule has 0 aromatic heterocycles. The predicted molar refractivity (Wildman–Crippen MR) is 80.8 cm³/mol. The Bertz CT molecular complexity index is 448. The van der Waals surface area contributed by atoms with E-state index >= 15 is 0 Å². The number of fused-ring (bicyclic) bond motifs is 1. The number of nitrogens with one attached hydrogen (secondary N) is 1. The first-order chi connectivity index (χ1) is 9.72. The molecular weight excluding hydrogens is 252 g/mol. The molecule has 0 spiro atoms. The molecule has 0 saturated carbocycles. The van der Waals surface area contributed by atoms with Crippen LogP contribution in [0.15, 0.2) is 24.3 Å². The molecule has 1 aliphatic rings. The number of hydrogen-bond donors (Lipinski definition) is 2. The third kappa shape index (κ3) is 3.73. The highest BCUT2D eigenvalue weighted by Crippen LogP contribution is 2.32. The smallest absolute Gasteiger partial charge is 0.239 e. The summed E-state index contributed by atoms with van der Waals surface area (Å²) in [6, 6.07) is 7.84. The largest absolute Gasteiger partial charge is 0.388 e. The van der Waals surface area contributed by atoms with Crippen LogP contribution in [-0.2, 0) is 4.79 Å². The van der Waals surface area contributed by atoms with Gasteiger partial charge in [-0.2, -0.15) is 0 Å². The van der Waals surface area contributed by atoms with E-state index in [2.05, 4.69) is 17.1 Å². The average molecular weight is 276 g/mol. The first-order valence-electron chi connectivity index (χ1n) is 7.51. The Hall–Kier alpha value is -1.55. The van der Waals surface area contributed by atoms with E-state index in [9.17, 15) is 9.90 Å². The molecular formula is C16H24N2O2. The van der Waals surface area contributed by atoms with E-state index in [0.29, 0.717) is 6.54 Å². The number of amides is 1. The topological polar surface area (TPSA) is 52.6 Å². The molecule has 1 aromatic carbocycles. The van der Waals surface area contributed by atoms with Crippen LogP contribution in [0.5, 0.6) is 0 Å². The van der Waals surface area contributed by atoms with Gasteiger partial charge in [0.25, 0.3) is 0 Å². The van der Waals surface area contributed by atoms with Crippen LogP contribution >= 0.6 is 0 Å². The quantitative estimate of drug-likeness (QED) is 0.811. The zero-order chi connectivity index (χ0) is 14.4. The second kappa shape index (κ2) is 7.29. The number of rotatable bonds is 5. The summed E-state index contributed by atoms with van der Waals surface area (Å²) in [5.41, 5.74) is 1.93. The van der Waals surface area contributed by atoms with Gasteiger partial charge in [0, 0.05) is 24.3 Å². The Kier molecular flexibility index (Phi) is 5.41. The summed E-state index contributed by atoms with van der Waals surface area (Å²) in [7, 11) is 0. The number of aliphatic hydroxyl groups excluding tert-OH is 1. The van der Waals surface area contributed by atoms with Gasteiger partial charge in [0.2, 0.25) is 5.91 Å². The standard InChI is InChI=1S/C16H24N2O2/c1-2-3-10-17-16(20)12-18-11-6-9-15(19)13-7-4-5-8-14(13)18/h4-5,7-8,15,19H,2-3,6,9-12H2,1H3,(H,17,20). The molecule has 0 bridgehead atoms. The molecule has 0 aliphatic carbocycles. The maximum atomic E-state index is 12.0. The zero-order valence-corrected chi connectivity index (χ0v) is 12.1. The van der Waals surface area contributed by atoms with E-state index in [1.165, 1.54) is 0 Å². The highest BCUT2D eigenvalue weighted by molar-refractivity contribution is 5.81. The van der Waals surface area contributed by atoms with Crippen molar-refractivity contribution in [3.8, 4) is 0 Å². The minimum atomic E-state index is -0.417. The number of nitrogens with zero attached hydrogens (tertiary/aromatic N) is 1. The summed E-state index contributed by atoms with van der Waals surface area (Å²) >= 11 is 0. The summed E-state index contributed by atoms with van der Waals surface area (Å²) in [6.45, 7) is 4.04. The Morgan fingerprint density at radius 3 is 3.05 bits per heavy atom. The number of hydrogen-bond acceptors (Lipinski definition) is 3. The molecule has 0 saturated heterocycles. The number of anilines is 1. The summed E-state index contributed by atoms with van der Waals surface area (Å²) in [4.78, 5) is 14.1. The van der Waals surface area contributed by atoms with Gasteiger partial charge < -0.3 is 15.3 Å². The Morgan fingerprint density at radius 1 is 1.45 bits per heavy atom. The van der Waals surface area contributed by atoms with E-state index in [0.717, 1.165) is 50.0 Å². The minimum absolute atomic E-state index is 0.0599. The van der Waals surface area contributed by atoms with Gasteiger partial charge in [-0.25, -0.2) is 0 Å².